The molecule has 528 valence electrons. The van der Waals surface area contributed by atoms with Crippen molar-refractivity contribution in [3.63, 3.8) is 0 Å². The first-order valence-electron chi connectivity index (χ1n) is 33.0. The number of carboxylic acid groups (broad SMARTS) is 1. The largest absolute Gasteiger partial charge is 1.00 e. The van der Waals surface area contributed by atoms with Gasteiger partial charge in [-0.2, -0.15) is 0 Å². The van der Waals surface area contributed by atoms with Gasteiger partial charge in [0.05, 0.1) is 78.9 Å². The third-order valence-corrected chi connectivity index (χ3v) is 17.0. The summed E-state index contributed by atoms with van der Waals surface area (Å²) in [5.41, 5.74) is 30.4. The monoisotopic (exact) mass is 1410 g/mol. The first-order chi connectivity index (χ1) is 48.8. The van der Waals surface area contributed by atoms with Crippen LogP contribution in [0, 0.1) is 0 Å². The van der Waals surface area contributed by atoms with Crippen LogP contribution in [0.25, 0.3) is 55.4 Å². The number of aliphatic carboxylic acids is 1. The molecule has 0 amide bonds. The molecule has 21 nitrogen and oxygen atoms in total. The minimum Gasteiger partial charge on any atom is -0.870 e. The molecule has 1 aliphatic heterocycles. The summed E-state index contributed by atoms with van der Waals surface area (Å²) in [6.07, 6.45) is 12.0. The van der Waals surface area contributed by atoms with E-state index in [1.54, 1.807) is 81.7 Å². The van der Waals surface area contributed by atoms with Gasteiger partial charge in [-0.05, 0) is 172 Å². The van der Waals surface area contributed by atoms with Crippen molar-refractivity contribution in [3.8, 4) is 39.8 Å². The van der Waals surface area contributed by atoms with Gasteiger partial charge in [-0.1, -0.05) is 72.3 Å². The van der Waals surface area contributed by atoms with E-state index in [0.29, 0.717) is 80.5 Å². The van der Waals surface area contributed by atoms with E-state index in [9.17, 15) is 14.4 Å². The normalized spacial score (nSPS) is 12.5. The third-order valence-electron chi connectivity index (χ3n) is 16.8. The van der Waals surface area contributed by atoms with E-state index in [2.05, 4.69) is 15.0 Å². The number of carboxylic acids is 1. The molecule has 8 N–H and O–H groups in total. The molecule has 1 aliphatic rings. The molecular formula is C79H81BClLiN6O15. The van der Waals surface area contributed by atoms with Gasteiger partial charge in [0, 0.05) is 93.9 Å². The van der Waals surface area contributed by atoms with Crippen LogP contribution < -0.4 is 55.7 Å². The SMILES string of the molecule is CCOC(=O)Cc1ccccc1OCc1cc(-c2cc(CN)ccn2)c2occc2c1.CCOC(=O)Cc1ccccc1OCc1cc(B2OC(C)(C)C(C)(C)O2)c2occc2c1.NCc1ccnc(-c2cc(COc3ccccc3CC(=O)O)cc3ccoc23)c1.NCc1cncc(Cl)c1.[Li+].[OH-]. The number of benzene rings is 6. The summed E-state index contributed by atoms with van der Waals surface area (Å²) in [6.45, 7) is 14.7. The van der Waals surface area contributed by atoms with E-state index >= 15 is 0 Å². The summed E-state index contributed by atoms with van der Waals surface area (Å²) in [4.78, 5) is 47.7. The maximum absolute atomic E-state index is 11.9. The van der Waals surface area contributed by atoms with E-state index in [0.717, 1.165) is 105 Å². The van der Waals surface area contributed by atoms with Gasteiger partial charge in [-0.15, -0.1) is 0 Å². The number of pyridine rings is 3. The third kappa shape index (κ3) is 20.8. The fraction of sp³-hybridized carbons (Fsp3) is 0.241. The van der Waals surface area contributed by atoms with E-state index in [1.165, 1.54) is 0 Å². The van der Waals surface area contributed by atoms with Crippen LogP contribution in [0.2, 0.25) is 5.02 Å². The fourth-order valence-corrected chi connectivity index (χ4v) is 11.3. The molecule has 6 aromatic heterocycles. The van der Waals surface area contributed by atoms with Crippen LogP contribution in [0.1, 0.15) is 91.6 Å². The van der Waals surface area contributed by atoms with Gasteiger partial charge in [-0.3, -0.25) is 29.3 Å². The first-order valence-corrected chi connectivity index (χ1v) is 33.3. The van der Waals surface area contributed by atoms with Gasteiger partial charge in [0.2, 0.25) is 0 Å². The van der Waals surface area contributed by atoms with Crippen LogP contribution in [0.4, 0.5) is 0 Å². The predicted octanol–water partition coefficient (Wildman–Crippen LogP) is 11.2. The van der Waals surface area contributed by atoms with Gasteiger partial charge >= 0.3 is 43.9 Å². The van der Waals surface area contributed by atoms with Crippen molar-refractivity contribution in [2.75, 3.05) is 13.2 Å². The summed E-state index contributed by atoms with van der Waals surface area (Å²) in [5, 5.41) is 12.6. The number of hydrogen-bond donors (Lipinski definition) is 4. The van der Waals surface area contributed by atoms with Crippen molar-refractivity contribution in [1.29, 1.82) is 0 Å². The Morgan fingerprint density at radius 1 is 0.495 bits per heavy atom. The number of halogens is 1. The average molecular weight is 1410 g/mol. The number of para-hydroxylation sites is 3. The number of furan rings is 3. The number of esters is 2. The second-order valence-electron chi connectivity index (χ2n) is 24.5. The molecular weight excluding hydrogens is 1330 g/mol. The van der Waals surface area contributed by atoms with Crippen molar-refractivity contribution in [2.24, 2.45) is 17.2 Å². The van der Waals surface area contributed by atoms with E-state index in [-0.39, 0.29) is 55.5 Å². The van der Waals surface area contributed by atoms with E-state index in [4.69, 9.17) is 80.2 Å². The molecule has 1 fully saturated rings. The molecule has 0 atom stereocenters. The van der Waals surface area contributed by atoms with Crippen molar-refractivity contribution < 1.29 is 90.1 Å². The summed E-state index contributed by atoms with van der Waals surface area (Å²) >= 11 is 5.61. The quantitative estimate of drug-likeness (QED) is 0.0341. The molecule has 7 heterocycles. The molecule has 0 aliphatic carbocycles. The minimum absolute atomic E-state index is 0. The zero-order valence-electron chi connectivity index (χ0n) is 58.6. The number of aromatic nitrogens is 3. The maximum Gasteiger partial charge on any atom is 1.00 e. The van der Waals surface area contributed by atoms with Gasteiger partial charge in [0.25, 0.3) is 0 Å². The van der Waals surface area contributed by atoms with Gasteiger partial charge in [0.15, 0.2) is 0 Å². The smallest absolute Gasteiger partial charge is 0.870 e. The molecule has 24 heteroatoms. The molecule has 0 spiro atoms. The molecule has 0 unspecified atom stereocenters. The number of carbonyl (C=O) groups excluding carboxylic acids is 2. The zero-order chi connectivity index (χ0) is 71.5. The topological polar surface area (TPSA) is 322 Å². The molecule has 12 aromatic rings. The Morgan fingerprint density at radius 3 is 1.29 bits per heavy atom. The van der Waals surface area contributed by atoms with Crippen molar-refractivity contribution in [3.05, 3.63) is 256 Å². The Kier molecular flexibility index (Phi) is 28.4. The van der Waals surface area contributed by atoms with Crippen LogP contribution in [-0.4, -0.2) is 75.0 Å². The number of nitrogens with two attached hydrogens (primary N) is 3. The Hall–Kier alpha value is -10.1. The summed E-state index contributed by atoms with van der Waals surface area (Å²) in [6, 6.07) is 49.5. The van der Waals surface area contributed by atoms with Crippen LogP contribution in [0.3, 0.4) is 0 Å². The molecule has 0 bridgehead atoms. The van der Waals surface area contributed by atoms with Crippen molar-refractivity contribution >= 4 is 75.0 Å². The van der Waals surface area contributed by atoms with E-state index < -0.39 is 24.3 Å². The Bertz CT molecular complexity index is 4790. The maximum atomic E-state index is 11.9. The number of rotatable bonds is 23. The van der Waals surface area contributed by atoms with Crippen LogP contribution in [-0.2, 0) is 91.9 Å². The zero-order valence-corrected chi connectivity index (χ0v) is 59.3. The Labute approximate surface area is 614 Å². The van der Waals surface area contributed by atoms with Crippen LogP contribution in [0.15, 0.2) is 215 Å². The molecule has 103 heavy (non-hydrogen) atoms. The molecule has 1 saturated heterocycles. The first kappa shape index (κ1) is 78.6. The number of carbonyl (C=O) groups is 3. The summed E-state index contributed by atoms with van der Waals surface area (Å²) in [7, 11) is -0.537. The standard InChI is InChI=1S/C25H29BO6.C25H24N2O4.C23H20N2O4.C6H7ClN2.Li.H2O/c1-6-28-22(27)15-18-9-7-8-10-21(18)30-16-17-13-19-11-12-29-23(19)20(14-17)26-31-24(2,3)25(4,5)32-26;1-2-29-24(28)14-19-5-3-4-6-23(19)31-16-18-11-20-8-10-30-25(20)21(12-18)22-13-17(15-26)7-9-27-22;24-13-15-5-7-25-20(11-15)19-10-16(9-18-6-8-28-23(18)19)14-29-21-4-2-1-3-17(21)12-22(26)27;7-6-1-5(2-8)3-9-4-6;;/h7-14H,6,15-16H2,1-5H3;3-13H,2,14-16,26H2,1H3;1-11H,12-14,24H2,(H,26,27);1,3-4H,2,8H2;;1H2/q;;;;+1;/p-1. The van der Waals surface area contributed by atoms with Gasteiger partial charge in [-0.25, -0.2) is 0 Å². The van der Waals surface area contributed by atoms with Crippen molar-refractivity contribution in [2.45, 2.75) is 111 Å². The number of ether oxygens (including phenoxy) is 5. The molecule has 6 aromatic carbocycles. The number of fused-ring (bicyclic) bond motifs is 3. The van der Waals surface area contributed by atoms with Gasteiger partial charge < -0.3 is 74.0 Å². The second kappa shape index (κ2) is 37.2. The Morgan fingerprint density at radius 2 is 0.893 bits per heavy atom. The second-order valence-corrected chi connectivity index (χ2v) is 25.0. The summed E-state index contributed by atoms with van der Waals surface area (Å²) < 4.78 is 57.9. The Balaban J connectivity index is 0.000000183. The van der Waals surface area contributed by atoms with Crippen molar-refractivity contribution in [1.82, 2.24) is 15.0 Å². The van der Waals surface area contributed by atoms with Crippen LogP contribution >= 0.6 is 11.6 Å². The molecule has 13 rings (SSSR count). The number of hydrogen-bond acceptors (Lipinski definition) is 20. The summed E-state index contributed by atoms with van der Waals surface area (Å²) in [5.74, 6) is 0.441. The number of nitrogens with zero attached hydrogens (tertiary/aromatic N) is 3. The van der Waals surface area contributed by atoms with E-state index in [1.807, 2.05) is 161 Å². The average Bonchev–Trinajstić information content (AvgIpc) is 1.55. The van der Waals surface area contributed by atoms with Gasteiger partial charge in [0.1, 0.15) is 53.8 Å². The predicted molar refractivity (Wildman–Crippen MR) is 390 cm³/mol. The molecule has 0 saturated carbocycles. The fourth-order valence-electron chi connectivity index (χ4n) is 11.1. The minimum atomic E-state index is -0.894. The molecule has 0 radical (unpaired) electrons. The van der Waals surface area contributed by atoms with Crippen LogP contribution in [0.5, 0.6) is 17.2 Å².